The maximum Gasteiger partial charge on any atom is 0.315 e. The summed E-state index contributed by atoms with van der Waals surface area (Å²) in [5.74, 6) is 1.53. The molecule has 27 heavy (non-hydrogen) atoms. The fourth-order valence-electron chi connectivity index (χ4n) is 2.90. The number of benzene rings is 2. The van der Waals surface area contributed by atoms with Crippen molar-refractivity contribution in [2.24, 2.45) is 7.05 Å². The maximum absolute atomic E-state index is 12.5. The molecule has 1 aromatic heterocycles. The first-order valence-electron chi connectivity index (χ1n) is 8.87. The number of aryl methyl sites for hydroxylation is 1. The van der Waals surface area contributed by atoms with Crippen LogP contribution in [0, 0.1) is 0 Å². The van der Waals surface area contributed by atoms with Crippen molar-refractivity contribution in [3.63, 3.8) is 0 Å². The number of urea groups is 1. The molecule has 0 saturated carbocycles. The van der Waals surface area contributed by atoms with E-state index in [0.717, 1.165) is 23.6 Å². The van der Waals surface area contributed by atoms with Crippen LogP contribution in [0.2, 0.25) is 0 Å². The van der Waals surface area contributed by atoms with Crippen LogP contribution in [0.5, 0.6) is 5.75 Å². The Morgan fingerprint density at radius 2 is 1.89 bits per heavy atom. The van der Waals surface area contributed by atoms with Gasteiger partial charge in [0.25, 0.3) is 0 Å². The molecule has 0 bridgehead atoms. The van der Waals surface area contributed by atoms with Crippen LogP contribution >= 0.6 is 0 Å². The zero-order valence-corrected chi connectivity index (χ0v) is 15.6. The number of amides is 2. The number of rotatable bonds is 7. The van der Waals surface area contributed by atoms with Crippen molar-refractivity contribution in [1.29, 1.82) is 0 Å². The van der Waals surface area contributed by atoms with E-state index in [1.165, 1.54) is 5.56 Å². The second kappa shape index (κ2) is 8.89. The first-order valence-corrected chi connectivity index (χ1v) is 8.87. The number of ether oxygens (including phenoxy) is 1. The van der Waals surface area contributed by atoms with Gasteiger partial charge in [0.1, 0.15) is 17.6 Å². The Labute approximate surface area is 159 Å². The molecule has 0 aliphatic heterocycles. The lowest BCUT2D eigenvalue weighted by atomic mass is 10.1. The summed E-state index contributed by atoms with van der Waals surface area (Å²) in [5.41, 5.74) is 2.12. The number of hydrogen-bond acceptors (Lipinski definition) is 3. The van der Waals surface area contributed by atoms with Crippen LogP contribution in [0.25, 0.3) is 0 Å². The summed E-state index contributed by atoms with van der Waals surface area (Å²) in [5, 5.41) is 5.95. The van der Waals surface area contributed by atoms with Gasteiger partial charge in [0, 0.05) is 26.0 Å². The Hall–Kier alpha value is -3.28. The zero-order valence-electron chi connectivity index (χ0n) is 15.6. The van der Waals surface area contributed by atoms with Crippen molar-refractivity contribution >= 4 is 6.03 Å². The van der Waals surface area contributed by atoms with Gasteiger partial charge >= 0.3 is 6.03 Å². The average molecular weight is 364 g/mol. The van der Waals surface area contributed by atoms with E-state index in [4.69, 9.17) is 4.74 Å². The molecule has 6 nitrogen and oxygen atoms in total. The Balaban J connectivity index is 1.67. The molecule has 2 amide bonds. The third kappa shape index (κ3) is 4.88. The topological polar surface area (TPSA) is 68.2 Å². The molecule has 140 valence electrons. The van der Waals surface area contributed by atoms with Crippen LogP contribution in [-0.2, 0) is 13.5 Å². The van der Waals surface area contributed by atoms with E-state index in [9.17, 15) is 4.79 Å². The summed E-state index contributed by atoms with van der Waals surface area (Å²) >= 11 is 0. The van der Waals surface area contributed by atoms with Crippen molar-refractivity contribution < 1.29 is 9.53 Å². The number of hydrogen-bond donors (Lipinski definition) is 2. The highest BCUT2D eigenvalue weighted by atomic mass is 16.5. The summed E-state index contributed by atoms with van der Waals surface area (Å²) < 4.78 is 7.12. The molecule has 3 rings (SSSR count). The first-order chi connectivity index (χ1) is 13.2. The minimum atomic E-state index is -0.354. The molecule has 2 aromatic carbocycles. The van der Waals surface area contributed by atoms with E-state index in [-0.39, 0.29) is 12.1 Å². The summed E-state index contributed by atoms with van der Waals surface area (Å²) in [6, 6.07) is 17.1. The van der Waals surface area contributed by atoms with Crippen LogP contribution in [0.1, 0.15) is 23.0 Å². The normalized spacial score (nSPS) is 11.6. The smallest absolute Gasteiger partial charge is 0.315 e. The van der Waals surface area contributed by atoms with Crippen molar-refractivity contribution in [1.82, 2.24) is 20.2 Å². The van der Waals surface area contributed by atoms with Crippen molar-refractivity contribution in [2.75, 3.05) is 13.7 Å². The number of aromatic nitrogens is 2. The molecule has 0 radical (unpaired) electrons. The minimum Gasteiger partial charge on any atom is -0.497 e. The van der Waals surface area contributed by atoms with Gasteiger partial charge < -0.3 is 19.9 Å². The molecule has 1 unspecified atom stereocenters. The van der Waals surface area contributed by atoms with Crippen LogP contribution in [0.3, 0.4) is 0 Å². The van der Waals surface area contributed by atoms with Gasteiger partial charge in [0.05, 0.1) is 7.11 Å². The van der Waals surface area contributed by atoms with Gasteiger partial charge in [-0.15, -0.1) is 0 Å². The zero-order chi connectivity index (χ0) is 19.1. The van der Waals surface area contributed by atoms with Gasteiger partial charge in [-0.3, -0.25) is 0 Å². The molecule has 1 heterocycles. The Morgan fingerprint density at radius 3 is 2.52 bits per heavy atom. The second-order valence-electron chi connectivity index (χ2n) is 6.24. The fourth-order valence-corrected chi connectivity index (χ4v) is 2.90. The lowest BCUT2D eigenvalue weighted by molar-refractivity contribution is 0.238. The third-order valence-corrected chi connectivity index (χ3v) is 4.38. The molecule has 0 saturated heterocycles. The standard InChI is InChI=1S/C21H24N4O2/c1-25-15-14-22-20(25)19(17-8-10-18(27-2)11-9-17)24-21(26)23-13-12-16-6-4-3-5-7-16/h3-11,14-15,19H,12-13H2,1-2H3,(H2,23,24,26). The Bertz CT molecular complexity index is 859. The van der Waals surface area contributed by atoms with Crippen LogP contribution in [0.15, 0.2) is 67.0 Å². The largest absolute Gasteiger partial charge is 0.497 e. The lowest BCUT2D eigenvalue weighted by Crippen LogP contribution is -2.40. The van der Waals surface area contributed by atoms with Gasteiger partial charge in [-0.1, -0.05) is 42.5 Å². The quantitative estimate of drug-likeness (QED) is 0.677. The Morgan fingerprint density at radius 1 is 1.15 bits per heavy atom. The molecule has 6 heteroatoms. The van der Waals surface area contributed by atoms with E-state index < -0.39 is 0 Å². The average Bonchev–Trinajstić information content (AvgIpc) is 3.13. The van der Waals surface area contributed by atoms with Crippen LogP contribution < -0.4 is 15.4 Å². The van der Waals surface area contributed by atoms with E-state index in [0.29, 0.717) is 6.54 Å². The van der Waals surface area contributed by atoms with E-state index >= 15 is 0 Å². The van der Waals surface area contributed by atoms with Crippen molar-refractivity contribution in [3.8, 4) is 5.75 Å². The molecule has 0 spiro atoms. The van der Waals surface area contributed by atoms with Gasteiger partial charge in [0.2, 0.25) is 0 Å². The van der Waals surface area contributed by atoms with E-state index in [1.54, 1.807) is 13.3 Å². The molecule has 3 aromatic rings. The molecular formula is C21H24N4O2. The first kappa shape index (κ1) is 18.5. The van der Waals surface area contributed by atoms with Gasteiger partial charge in [-0.25, -0.2) is 9.78 Å². The molecule has 0 fully saturated rings. The predicted octanol–water partition coefficient (Wildman–Crippen LogP) is 3.06. The predicted molar refractivity (Wildman–Crippen MR) is 105 cm³/mol. The van der Waals surface area contributed by atoms with Crippen LogP contribution in [0.4, 0.5) is 4.79 Å². The second-order valence-corrected chi connectivity index (χ2v) is 6.24. The van der Waals surface area contributed by atoms with Gasteiger partial charge in [0.15, 0.2) is 0 Å². The highest BCUT2D eigenvalue weighted by molar-refractivity contribution is 5.74. The summed E-state index contributed by atoms with van der Waals surface area (Å²) in [4.78, 5) is 16.9. The number of methoxy groups -OCH3 is 1. The third-order valence-electron chi connectivity index (χ3n) is 4.38. The molecular weight excluding hydrogens is 340 g/mol. The number of carbonyl (C=O) groups is 1. The molecule has 1 atom stereocenters. The highest BCUT2D eigenvalue weighted by Crippen LogP contribution is 2.22. The number of nitrogens with zero attached hydrogens (tertiary/aromatic N) is 2. The number of nitrogens with one attached hydrogen (secondary N) is 2. The van der Waals surface area contributed by atoms with Crippen LogP contribution in [-0.4, -0.2) is 29.2 Å². The molecule has 0 aliphatic rings. The summed E-state index contributed by atoms with van der Waals surface area (Å²) in [7, 11) is 3.54. The van der Waals surface area contributed by atoms with E-state index in [2.05, 4.69) is 15.6 Å². The SMILES string of the molecule is COc1ccc(C(NC(=O)NCCc2ccccc2)c2nccn2C)cc1. The van der Waals surface area contributed by atoms with Gasteiger partial charge in [-0.05, 0) is 29.7 Å². The Kier molecular flexibility index (Phi) is 6.10. The monoisotopic (exact) mass is 364 g/mol. The van der Waals surface area contributed by atoms with E-state index in [1.807, 2.05) is 72.4 Å². The van der Waals surface area contributed by atoms with Gasteiger partial charge in [-0.2, -0.15) is 0 Å². The highest BCUT2D eigenvalue weighted by Gasteiger charge is 2.20. The minimum absolute atomic E-state index is 0.227. The molecule has 2 N–H and O–H groups in total. The van der Waals surface area contributed by atoms with Crippen molar-refractivity contribution in [3.05, 3.63) is 83.9 Å². The van der Waals surface area contributed by atoms with Crippen molar-refractivity contribution in [2.45, 2.75) is 12.5 Å². The fraction of sp³-hybridized carbons (Fsp3) is 0.238. The number of carbonyl (C=O) groups excluding carboxylic acids is 1. The molecule has 0 aliphatic carbocycles. The summed E-state index contributed by atoms with van der Waals surface area (Å²) in [6.45, 7) is 0.561. The maximum atomic E-state index is 12.5. The summed E-state index contributed by atoms with van der Waals surface area (Å²) in [6.07, 6.45) is 4.37. The lowest BCUT2D eigenvalue weighted by Gasteiger charge is -2.20. The number of imidazole rings is 1.